The molecule has 0 aliphatic heterocycles. The van der Waals surface area contributed by atoms with E-state index in [1.165, 1.54) is 79.2 Å². The van der Waals surface area contributed by atoms with Crippen molar-refractivity contribution in [3.63, 3.8) is 0 Å². The normalized spacial score (nSPS) is 24.2. The zero-order valence-corrected chi connectivity index (χ0v) is 41.2. The van der Waals surface area contributed by atoms with E-state index in [9.17, 15) is 0 Å². The summed E-state index contributed by atoms with van der Waals surface area (Å²) in [6.07, 6.45) is 16.2. The molecule has 0 spiro atoms. The molecule has 1 saturated carbocycles. The first-order valence-electron chi connectivity index (χ1n) is 20.8. The molecule has 0 saturated heterocycles. The molecule has 3 unspecified atom stereocenters. The molecule has 302 valence electrons. The monoisotopic (exact) mass is 874 g/mol. The van der Waals surface area contributed by atoms with Crippen LogP contribution in [-0.4, -0.2) is 3.21 Å². The van der Waals surface area contributed by atoms with Crippen LogP contribution in [0.2, 0.25) is 0 Å². The molecule has 0 heterocycles. The van der Waals surface area contributed by atoms with Gasteiger partial charge in [0.1, 0.15) is 0 Å². The van der Waals surface area contributed by atoms with Gasteiger partial charge in [0.2, 0.25) is 0 Å². The molecule has 0 nitrogen and oxygen atoms in total. The fraction of sp³-hybridized carbons (Fsp3) is 0.444. The molecule has 57 heavy (non-hydrogen) atoms. The van der Waals surface area contributed by atoms with Gasteiger partial charge in [-0.25, -0.2) is 12.0 Å². The van der Waals surface area contributed by atoms with E-state index < -0.39 is 0 Å². The van der Waals surface area contributed by atoms with Crippen molar-refractivity contribution < 1.29 is 49.0 Å². The van der Waals surface area contributed by atoms with E-state index in [1.54, 1.807) is 28.2 Å². The molecule has 5 aliphatic rings. The van der Waals surface area contributed by atoms with Crippen molar-refractivity contribution in [2.24, 2.45) is 38.9 Å². The van der Waals surface area contributed by atoms with Crippen molar-refractivity contribution in [3.8, 4) is 0 Å². The molecule has 0 N–H and O–H groups in total. The second-order valence-corrected chi connectivity index (χ2v) is 21.1. The van der Waals surface area contributed by atoms with Gasteiger partial charge in [0.25, 0.3) is 0 Å². The zero-order chi connectivity index (χ0) is 40.3. The second kappa shape index (κ2) is 17.3. The van der Waals surface area contributed by atoms with Gasteiger partial charge in [-0.05, 0) is 40.6 Å². The number of fused-ring (bicyclic) bond motifs is 6. The van der Waals surface area contributed by atoms with E-state index in [1.807, 2.05) is 0 Å². The van der Waals surface area contributed by atoms with Crippen LogP contribution in [0.3, 0.4) is 0 Å². The third-order valence-electron chi connectivity index (χ3n) is 15.3. The van der Waals surface area contributed by atoms with Gasteiger partial charge in [0.15, 0.2) is 0 Å². The molecule has 0 amide bonds. The fourth-order valence-corrected chi connectivity index (χ4v) is 11.0. The van der Waals surface area contributed by atoms with Crippen LogP contribution in [0.25, 0.3) is 5.57 Å². The van der Waals surface area contributed by atoms with Crippen LogP contribution in [0.5, 0.6) is 0 Å². The molecule has 3 aromatic carbocycles. The standard InChI is InChI=1S/C29H37.C15H14.C10H15.2ClH.Zr/c1-18-25-22-17-19-13-9-10-14-20(19)24(22)21-15-11-12-16-23(21)29(25,8)28(6,7)27(4,5)26(18,2)3;1-12-3-7-14(8-4-12)11-15-9-5-13(2)6-10-15;1-8-5-6-9(7-8)10(2,3)4;;;/h9-11,13-15,23H,12,16-17H2,1-8H3;3-10H,1-2H3;6-8H,1-4H3;2*1H;/q-1;;-1;;;+2/p-2. The van der Waals surface area contributed by atoms with Crippen molar-refractivity contribution in [1.82, 2.24) is 0 Å². The van der Waals surface area contributed by atoms with Crippen molar-refractivity contribution in [2.75, 3.05) is 0 Å². The van der Waals surface area contributed by atoms with Crippen molar-refractivity contribution in [2.45, 2.75) is 116 Å². The minimum atomic E-state index is 0. The SMILES string of the molecule is CC1[C-]=CC(C(C)(C)C)=C1.C[C-]1C2=C3Cc4ccccc4C3=C3C=CCCC3C2(C)C(C)(C)C(C)(C)C1(C)C.Cc1ccc([C](=[Zr+2])c2ccc(C)cc2)cc1.[Cl-].[Cl-]. The Morgan fingerprint density at radius 2 is 1.33 bits per heavy atom. The first-order chi connectivity index (χ1) is 25.6. The van der Waals surface area contributed by atoms with Gasteiger partial charge in [-0.15, -0.1) is 6.92 Å². The molecule has 3 aromatic rings. The maximum absolute atomic E-state index is 3.26. The summed E-state index contributed by atoms with van der Waals surface area (Å²) in [5.41, 5.74) is 17.3. The molecule has 0 bridgehead atoms. The van der Waals surface area contributed by atoms with Gasteiger partial charge in [-0.3, -0.25) is 6.08 Å². The summed E-state index contributed by atoms with van der Waals surface area (Å²) < 4.78 is 1.42. The molecule has 5 aliphatic carbocycles. The average Bonchev–Trinajstić information content (AvgIpc) is 3.76. The Labute approximate surface area is 375 Å². The van der Waals surface area contributed by atoms with Crippen molar-refractivity contribution >= 4 is 8.78 Å². The van der Waals surface area contributed by atoms with Crippen LogP contribution in [0.15, 0.2) is 119 Å². The fourth-order valence-electron chi connectivity index (χ4n) is 10.2. The summed E-state index contributed by atoms with van der Waals surface area (Å²) in [7, 11) is 0. The van der Waals surface area contributed by atoms with Crippen molar-refractivity contribution in [1.29, 1.82) is 0 Å². The minimum Gasteiger partial charge on any atom is -1.00 e. The number of hydrogen-bond acceptors (Lipinski definition) is 0. The quantitative estimate of drug-likeness (QED) is 0.227. The summed E-state index contributed by atoms with van der Waals surface area (Å²) in [5, 5.41) is 0. The van der Waals surface area contributed by atoms with Crippen LogP contribution in [0.1, 0.15) is 129 Å². The summed E-state index contributed by atoms with van der Waals surface area (Å²) in [5.74, 6) is 2.76. The Kier molecular flexibility index (Phi) is 14.3. The molecule has 3 heteroatoms. The molecule has 0 aromatic heterocycles. The Bertz CT molecular complexity index is 2060. The van der Waals surface area contributed by atoms with Crippen LogP contribution in [0, 0.1) is 64.8 Å². The number of aryl methyl sites for hydroxylation is 2. The van der Waals surface area contributed by atoms with Gasteiger partial charge in [-0.1, -0.05) is 152 Å². The van der Waals surface area contributed by atoms with Gasteiger partial charge in [0, 0.05) is 0 Å². The minimum absolute atomic E-state index is 0. The van der Waals surface area contributed by atoms with E-state index in [-0.39, 0.29) is 46.5 Å². The smallest absolute Gasteiger partial charge is 1.00 e. The van der Waals surface area contributed by atoms with E-state index in [0.29, 0.717) is 17.3 Å². The number of rotatable bonds is 2. The Balaban J connectivity index is 0.000000217. The molecule has 3 atom stereocenters. The second-order valence-electron chi connectivity index (χ2n) is 19.8. The number of halogens is 2. The first kappa shape index (κ1) is 47.2. The first-order valence-corrected chi connectivity index (χ1v) is 22.0. The summed E-state index contributed by atoms with van der Waals surface area (Å²) in [6.45, 7) is 33.4. The number of allylic oxidation sites excluding steroid dienone is 10. The number of hydrogen-bond donors (Lipinski definition) is 0. The molecule has 1 fully saturated rings. The molecule has 8 rings (SSSR count). The predicted molar refractivity (Wildman–Crippen MR) is 234 cm³/mol. The molecule has 0 radical (unpaired) electrons. The van der Waals surface area contributed by atoms with Crippen molar-refractivity contribution in [3.05, 3.63) is 165 Å². The summed E-state index contributed by atoms with van der Waals surface area (Å²) in [4.78, 5) is 0. The van der Waals surface area contributed by atoms with E-state index in [2.05, 4.69) is 200 Å². The largest absolute Gasteiger partial charge is 1.00 e. The van der Waals surface area contributed by atoms with Gasteiger partial charge in [0.05, 0.1) is 0 Å². The molecular formula is C54H66Cl2Zr-2. The third kappa shape index (κ3) is 8.23. The van der Waals surface area contributed by atoms with Gasteiger partial charge in [-0.2, -0.15) is 22.8 Å². The molecular weight excluding hydrogens is 811 g/mol. The number of benzene rings is 3. The maximum Gasteiger partial charge on any atom is -1.00 e. The zero-order valence-electron chi connectivity index (χ0n) is 37.3. The van der Waals surface area contributed by atoms with E-state index >= 15 is 0 Å². The maximum atomic E-state index is 3.26. The van der Waals surface area contributed by atoms with Crippen LogP contribution < -0.4 is 24.8 Å². The average molecular weight is 877 g/mol. The Hall–Kier alpha value is -2.44. The van der Waals surface area contributed by atoms with Gasteiger partial charge >= 0.3 is 112 Å². The Morgan fingerprint density at radius 1 is 0.789 bits per heavy atom. The topological polar surface area (TPSA) is 0 Å². The third-order valence-corrected chi connectivity index (χ3v) is 16.7. The predicted octanol–water partition coefficient (Wildman–Crippen LogP) is 8.36. The summed E-state index contributed by atoms with van der Waals surface area (Å²) in [6, 6.07) is 26.7. The summed E-state index contributed by atoms with van der Waals surface area (Å²) >= 11 is 1.46. The van der Waals surface area contributed by atoms with Crippen LogP contribution >= 0.6 is 0 Å². The van der Waals surface area contributed by atoms with E-state index in [4.69, 9.17) is 0 Å². The Morgan fingerprint density at radius 3 is 1.82 bits per heavy atom. The van der Waals surface area contributed by atoms with Crippen LogP contribution in [-0.2, 0) is 30.7 Å². The van der Waals surface area contributed by atoms with Gasteiger partial charge < -0.3 is 24.8 Å². The van der Waals surface area contributed by atoms with E-state index in [0.717, 1.165) is 6.42 Å². The van der Waals surface area contributed by atoms with Crippen LogP contribution in [0.4, 0.5) is 0 Å².